The number of nitro benzene ring substituents is 1. The maximum absolute atomic E-state index is 12.2. The van der Waals surface area contributed by atoms with Gasteiger partial charge in [0.2, 0.25) is 0 Å². The van der Waals surface area contributed by atoms with Gasteiger partial charge in [0.05, 0.1) is 26.1 Å². The molecule has 2 rings (SSSR count). The van der Waals surface area contributed by atoms with Crippen LogP contribution in [0.4, 0.5) is 11.4 Å². The highest BCUT2D eigenvalue weighted by molar-refractivity contribution is 7.92. The van der Waals surface area contributed by atoms with Crippen molar-refractivity contribution in [3.63, 3.8) is 0 Å². The lowest BCUT2D eigenvalue weighted by Crippen LogP contribution is -2.13. The molecule has 0 saturated carbocycles. The number of nitrogens with zero attached hydrogens (tertiary/aromatic N) is 1. The first-order chi connectivity index (χ1) is 10.7. The summed E-state index contributed by atoms with van der Waals surface area (Å²) in [7, 11) is -3.98. The number of nitrogens with one attached hydrogen (secondary N) is 1. The van der Waals surface area contributed by atoms with Gasteiger partial charge in [-0.15, -0.1) is 0 Å². The predicted octanol–water partition coefficient (Wildman–Crippen LogP) is 2.75. The van der Waals surface area contributed by atoms with Crippen LogP contribution in [0.2, 0.25) is 5.02 Å². The molecular formula is C13H9ClN2O6S. The molecule has 0 aliphatic carbocycles. The van der Waals surface area contributed by atoms with Crippen LogP contribution in [0, 0.1) is 10.1 Å². The van der Waals surface area contributed by atoms with Crippen LogP contribution in [-0.2, 0) is 10.0 Å². The quantitative estimate of drug-likeness (QED) is 0.626. The Morgan fingerprint density at radius 1 is 1.17 bits per heavy atom. The molecule has 10 heteroatoms. The van der Waals surface area contributed by atoms with Crippen LogP contribution in [0.5, 0.6) is 0 Å². The van der Waals surface area contributed by atoms with Crippen LogP contribution in [0.25, 0.3) is 0 Å². The molecule has 0 spiro atoms. The summed E-state index contributed by atoms with van der Waals surface area (Å²) in [4.78, 5) is 20.6. The molecule has 0 unspecified atom stereocenters. The molecule has 0 amide bonds. The fourth-order valence-electron chi connectivity index (χ4n) is 1.71. The van der Waals surface area contributed by atoms with Gasteiger partial charge in [-0.05, 0) is 30.3 Å². The first-order valence-corrected chi connectivity index (χ1v) is 7.87. The van der Waals surface area contributed by atoms with Crippen molar-refractivity contribution in [2.45, 2.75) is 4.90 Å². The SMILES string of the molecule is O=C(O)c1ccc(NS(=O)(=O)c2ccc([N+](=O)[O-])cc2)cc1Cl. The van der Waals surface area contributed by atoms with Gasteiger partial charge in [-0.3, -0.25) is 14.8 Å². The molecule has 0 bridgehead atoms. The van der Waals surface area contributed by atoms with Crippen molar-refractivity contribution in [2.24, 2.45) is 0 Å². The highest BCUT2D eigenvalue weighted by Crippen LogP contribution is 2.24. The Morgan fingerprint density at radius 3 is 2.26 bits per heavy atom. The van der Waals surface area contributed by atoms with Crippen molar-refractivity contribution < 1.29 is 23.2 Å². The summed E-state index contributed by atoms with van der Waals surface area (Å²) in [6.45, 7) is 0. The number of anilines is 1. The van der Waals surface area contributed by atoms with Crippen molar-refractivity contribution in [1.29, 1.82) is 0 Å². The zero-order valence-corrected chi connectivity index (χ0v) is 12.8. The van der Waals surface area contributed by atoms with Crippen LogP contribution in [0.15, 0.2) is 47.4 Å². The smallest absolute Gasteiger partial charge is 0.337 e. The molecule has 0 aliphatic heterocycles. The molecule has 23 heavy (non-hydrogen) atoms. The minimum atomic E-state index is -3.98. The van der Waals surface area contributed by atoms with Crippen molar-refractivity contribution in [2.75, 3.05) is 4.72 Å². The van der Waals surface area contributed by atoms with Crippen molar-refractivity contribution in [1.82, 2.24) is 0 Å². The van der Waals surface area contributed by atoms with E-state index in [1.165, 1.54) is 12.1 Å². The number of carboxylic acid groups (broad SMARTS) is 1. The number of benzene rings is 2. The van der Waals surface area contributed by atoms with E-state index in [-0.39, 0.29) is 26.9 Å². The summed E-state index contributed by atoms with van der Waals surface area (Å²) in [5, 5.41) is 19.3. The molecule has 0 saturated heterocycles. The van der Waals surface area contributed by atoms with Gasteiger partial charge in [0.1, 0.15) is 0 Å². The highest BCUT2D eigenvalue weighted by atomic mass is 35.5. The summed E-state index contributed by atoms with van der Waals surface area (Å²) in [5.74, 6) is -1.24. The van der Waals surface area contributed by atoms with Crippen LogP contribution < -0.4 is 4.72 Å². The Hall–Kier alpha value is -2.65. The third-order valence-electron chi connectivity index (χ3n) is 2.81. The van der Waals surface area contributed by atoms with E-state index in [4.69, 9.17) is 16.7 Å². The van der Waals surface area contributed by atoms with E-state index in [1.807, 2.05) is 0 Å². The Bertz CT molecular complexity index is 880. The molecule has 0 radical (unpaired) electrons. The topological polar surface area (TPSA) is 127 Å². The minimum Gasteiger partial charge on any atom is -0.478 e. The van der Waals surface area contributed by atoms with Gasteiger partial charge in [-0.1, -0.05) is 11.6 Å². The van der Waals surface area contributed by atoms with Gasteiger partial charge in [-0.2, -0.15) is 0 Å². The maximum atomic E-state index is 12.2. The number of hydrogen-bond acceptors (Lipinski definition) is 5. The Kier molecular flexibility index (Phi) is 4.52. The molecule has 2 N–H and O–H groups in total. The van der Waals surface area contributed by atoms with Gasteiger partial charge in [0.25, 0.3) is 15.7 Å². The number of sulfonamides is 1. The molecule has 0 aromatic heterocycles. The van der Waals surface area contributed by atoms with Crippen molar-refractivity contribution in [3.05, 3.63) is 63.2 Å². The average Bonchev–Trinajstić information content (AvgIpc) is 2.46. The lowest BCUT2D eigenvalue weighted by molar-refractivity contribution is -0.384. The van der Waals surface area contributed by atoms with E-state index < -0.39 is 20.9 Å². The normalized spacial score (nSPS) is 11.0. The van der Waals surface area contributed by atoms with Crippen LogP contribution in [0.3, 0.4) is 0 Å². The fourth-order valence-corrected chi connectivity index (χ4v) is 3.02. The second-order valence-corrected chi connectivity index (χ2v) is 6.45. The summed E-state index contributed by atoms with van der Waals surface area (Å²) >= 11 is 5.76. The Morgan fingerprint density at radius 2 is 1.78 bits per heavy atom. The standard InChI is InChI=1S/C13H9ClN2O6S/c14-12-7-8(1-6-11(12)13(17)18)15-23(21,22)10-4-2-9(3-5-10)16(19)20/h1-7,15H,(H,17,18). The number of aromatic carboxylic acids is 1. The van der Waals surface area contributed by atoms with Gasteiger partial charge >= 0.3 is 5.97 Å². The second-order valence-electron chi connectivity index (χ2n) is 4.36. The fraction of sp³-hybridized carbons (Fsp3) is 0. The van der Waals surface area contributed by atoms with Gasteiger partial charge in [0, 0.05) is 12.1 Å². The number of rotatable bonds is 5. The van der Waals surface area contributed by atoms with E-state index in [0.29, 0.717) is 0 Å². The molecule has 2 aromatic carbocycles. The van der Waals surface area contributed by atoms with Gasteiger partial charge < -0.3 is 5.11 Å². The number of non-ortho nitro benzene ring substituents is 1. The van der Waals surface area contributed by atoms with Crippen molar-refractivity contribution in [3.8, 4) is 0 Å². The number of nitro groups is 1. The molecule has 0 aliphatic rings. The second kappa shape index (κ2) is 6.23. The molecule has 0 heterocycles. The van der Waals surface area contributed by atoms with Crippen LogP contribution in [-0.4, -0.2) is 24.4 Å². The van der Waals surface area contributed by atoms with E-state index in [9.17, 15) is 23.3 Å². The van der Waals surface area contributed by atoms with Crippen molar-refractivity contribution >= 4 is 39.0 Å². The third-order valence-corrected chi connectivity index (χ3v) is 4.52. The van der Waals surface area contributed by atoms with Crippen LogP contribution >= 0.6 is 11.6 Å². The lowest BCUT2D eigenvalue weighted by Gasteiger charge is -2.09. The minimum absolute atomic E-state index is 0.0679. The molecule has 2 aromatic rings. The maximum Gasteiger partial charge on any atom is 0.337 e. The summed E-state index contributed by atoms with van der Waals surface area (Å²) < 4.78 is 26.6. The predicted molar refractivity (Wildman–Crippen MR) is 82.3 cm³/mol. The first-order valence-electron chi connectivity index (χ1n) is 6.01. The summed E-state index contributed by atoms with van der Waals surface area (Å²) in [5.41, 5.74) is -0.332. The Labute approximate surface area is 135 Å². The van der Waals surface area contributed by atoms with E-state index in [1.54, 1.807) is 0 Å². The average molecular weight is 357 g/mol. The number of hydrogen-bond donors (Lipinski definition) is 2. The first kappa shape index (κ1) is 16.7. The number of carboxylic acids is 1. The summed E-state index contributed by atoms with van der Waals surface area (Å²) in [6.07, 6.45) is 0. The molecular weight excluding hydrogens is 348 g/mol. The van der Waals surface area contributed by atoms with E-state index in [2.05, 4.69) is 4.72 Å². The number of halogens is 1. The highest BCUT2D eigenvalue weighted by Gasteiger charge is 2.17. The summed E-state index contributed by atoms with van der Waals surface area (Å²) in [6, 6.07) is 7.89. The van der Waals surface area contributed by atoms with Gasteiger partial charge in [-0.25, -0.2) is 13.2 Å². The lowest BCUT2D eigenvalue weighted by atomic mass is 10.2. The Balaban J connectivity index is 2.29. The zero-order valence-electron chi connectivity index (χ0n) is 11.3. The van der Waals surface area contributed by atoms with Gasteiger partial charge in [0.15, 0.2) is 0 Å². The van der Waals surface area contributed by atoms with E-state index in [0.717, 1.165) is 30.3 Å². The third kappa shape index (κ3) is 3.76. The molecule has 0 atom stereocenters. The molecule has 120 valence electrons. The molecule has 0 fully saturated rings. The van der Waals surface area contributed by atoms with Crippen LogP contribution in [0.1, 0.15) is 10.4 Å². The number of carbonyl (C=O) groups is 1. The van der Waals surface area contributed by atoms with E-state index >= 15 is 0 Å². The molecule has 8 nitrogen and oxygen atoms in total. The zero-order chi connectivity index (χ0) is 17.2. The monoisotopic (exact) mass is 356 g/mol. The largest absolute Gasteiger partial charge is 0.478 e.